The standard InChI is InChI=1S/C28H39N3OS.ClH/c32-25(27-9-17-3-18(10-27)5-19(4-17)11-27)29-15-24-16-33-26(31(24)23-1-2-23)30-28-12-20-6-21(13-28)8-22(7-20)14-28;/h16-23H,1-15H2,(H,29,32);1H. The molecule has 0 atom stereocenters. The molecule has 8 bridgehead atoms. The molecule has 186 valence electrons. The Hall–Kier alpha value is -0.810. The second kappa shape index (κ2) is 7.84. The van der Waals surface area contributed by atoms with Gasteiger partial charge in [-0.05, 0) is 125 Å². The molecule has 34 heavy (non-hydrogen) atoms. The number of thiazole rings is 1. The predicted octanol–water partition coefficient (Wildman–Crippen LogP) is 6.01. The predicted molar refractivity (Wildman–Crippen MR) is 137 cm³/mol. The van der Waals surface area contributed by atoms with Gasteiger partial charge in [0.05, 0.1) is 12.1 Å². The van der Waals surface area contributed by atoms with Gasteiger partial charge in [0.15, 0.2) is 4.80 Å². The number of carbonyl (C=O) groups excluding carboxylic acids is 1. The van der Waals surface area contributed by atoms with Crippen LogP contribution in [0.3, 0.4) is 0 Å². The molecule has 1 heterocycles. The zero-order valence-electron chi connectivity index (χ0n) is 20.3. The largest absolute Gasteiger partial charge is 0.350 e. The highest BCUT2D eigenvalue weighted by molar-refractivity contribution is 7.07. The third-order valence-corrected chi connectivity index (χ3v) is 11.9. The maximum atomic E-state index is 13.5. The SMILES string of the molecule is Cl.O=C(NCc1csc(=NC23CC4CC(CC(C4)C2)C3)n1C1CC1)C12CC3CC(CC(C3)C1)C2. The van der Waals surface area contributed by atoms with Gasteiger partial charge in [-0.3, -0.25) is 9.79 Å². The molecule has 0 aliphatic heterocycles. The van der Waals surface area contributed by atoms with Crippen LogP contribution in [0.1, 0.15) is 102 Å². The third kappa shape index (κ3) is 3.57. The van der Waals surface area contributed by atoms with E-state index in [1.807, 2.05) is 11.3 Å². The Bertz CT molecular complexity index is 982. The number of amides is 1. The van der Waals surface area contributed by atoms with Gasteiger partial charge >= 0.3 is 0 Å². The molecule has 1 N–H and O–H groups in total. The molecule has 1 aromatic rings. The highest BCUT2D eigenvalue weighted by Crippen LogP contribution is 2.60. The molecule has 4 nitrogen and oxygen atoms in total. The molecule has 1 amide bonds. The summed E-state index contributed by atoms with van der Waals surface area (Å²) in [5.74, 6) is 5.66. The lowest BCUT2D eigenvalue weighted by Gasteiger charge is -2.55. The maximum absolute atomic E-state index is 13.5. The zero-order chi connectivity index (χ0) is 21.8. The average Bonchev–Trinajstić information content (AvgIpc) is 3.51. The number of nitrogens with zero attached hydrogens (tertiary/aromatic N) is 2. The van der Waals surface area contributed by atoms with E-state index in [2.05, 4.69) is 15.3 Å². The summed E-state index contributed by atoms with van der Waals surface area (Å²) in [5.41, 5.74) is 1.50. The van der Waals surface area contributed by atoms with Crippen molar-refractivity contribution in [2.24, 2.45) is 45.9 Å². The fourth-order valence-corrected chi connectivity index (χ4v) is 11.5. The highest BCUT2D eigenvalue weighted by atomic mass is 35.5. The first kappa shape index (κ1) is 22.4. The second-order valence-corrected chi connectivity index (χ2v) is 14.6. The minimum atomic E-state index is -0.0401. The van der Waals surface area contributed by atoms with E-state index in [-0.39, 0.29) is 23.4 Å². The lowest BCUT2D eigenvalue weighted by atomic mass is 9.49. The van der Waals surface area contributed by atoms with Gasteiger partial charge in [-0.1, -0.05) is 0 Å². The maximum Gasteiger partial charge on any atom is 0.226 e. The van der Waals surface area contributed by atoms with Crippen LogP contribution in [0.4, 0.5) is 0 Å². The summed E-state index contributed by atoms with van der Waals surface area (Å²) in [7, 11) is 0. The molecule has 0 saturated heterocycles. The van der Waals surface area contributed by atoms with Gasteiger partial charge < -0.3 is 9.88 Å². The Morgan fingerprint density at radius 2 is 1.38 bits per heavy atom. The van der Waals surface area contributed by atoms with Crippen molar-refractivity contribution < 1.29 is 4.79 Å². The van der Waals surface area contributed by atoms with E-state index in [4.69, 9.17) is 4.99 Å². The summed E-state index contributed by atoms with van der Waals surface area (Å²) < 4.78 is 2.54. The summed E-state index contributed by atoms with van der Waals surface area (Å²) in [5, 5.41) is 5.77. The molecule has 0 unspecified atom stereocenters. The summed E-state index contributed by atoms with van der Waals surface area (Å²) in [4.78, 5) is 20.4. The van der Waals surface area contributed by atoms with Crippen molar-refractivity contribution in [2.45, 2.75) is 108 Å². The van der Waals surface area contributed by atoms with E-state index in [0.29, 0.717) is 18.5 Å². The molecular formula is C28H40ClN3OS. The van der Waals surface area contributed by atoms with Crippen LogP contribution < -0.4 is 10.1 Å². The van der Waals surface area contributed by atoms with Gasteiger partial charge in [-0.15, -0.1) is 23.7 Å². The van der Waals surface area contributed by atoms with Crippen LogP contribution in [0.5, 0.6) is 0 Å². The van der Waals surface area contributed by atoms with Gasteiger partial charge in [-0.25, -0.2) is 0 Å². The number of hydrogen-bond donors (Lipinski definition) is 1. The van der Waals surface area contributed by atoms with Crippen LogP contribution in [0.15, 0.2) is 10.4 Å². The summed E-state index contributed by atoms with van der Waals surface area (Å²) in [6.45, 7) is 0.698. The molecule has 0 spiro atoms. The van der Waals surface area contributed by atoms with Crippen molar-refractivity contribution in [3.05, 3.63) is 15.9 Å². The van der Waals surface area contributed by atoms with Crippen LogP contribution in [-0.4, -0.2) is 16.0 Å². The molecule has 0 radical (unpaired) electrons. The Morgan fingerprint density at radius 1 is 0.882 bits per heavy atom. The Balaban J connectivity index is 0.00000200. The van der Waals surface area contributed by atoms with Crippen molar-refractivity contribution in [3.8, 4) is 0 Å². The summed E-state index contributed by atoms with van der Waals surface area (Å²) >= 11 is 1.85. The molecule has 10 rings (SSSR count). The first-order valence-electron chi connectivity index (χ1n) is 14.1. The van der Waals surface area contributed by atoms with E-state index < -0.39 is 0 Å². The molecule has 9 fully saturated rings. The lowest BCUT2D eigenvalue weighted by molar-refractivity contribution is -0.146. The third-order valence-electron chi connectivity index (χ3n) is 11.0. The molecule has 9 aliphatic carbocycles. The van der Waals surface area contributed by atoms with Crippen LogP contribution in [0, 0.1) is 40.9 Å². The average molecular weight is 502 g/mol. The number of carbonyl (C=O) groups is 1. The fraction of sp³-hybridized carbons (Fsp3) is 0.857. The van der Waals surface area contributed by atoms with E-state index in [9.17, 15) is 4.79 Å². The zero-order valence-corrected chi connectivity index (χ0v) is 22.0. The number of hydrogen-bond acceptors (Lipinski definition) is 3. The minimum Gasteiger partial charge on any atom is -0.350 e. The number of rotatable bonds is 5. The molecule has 9 saturated carbocycles. The van der Waals surface area contributed by atoms with Crippen molar-refractivity contribution >= 4 is 29.7 Å². The van der Waals surface area contributed by atoms with Gasteiger partial charge in [0, 0.05) is 22.5 Å². The minimum absolute atomic E-state index is 0. The smallest absolute Gasteiger partial charge is 0.226 e. The summed E-state index contributed by atoms with van der Waals surface area (Å²) in [6, 6.07) is 0.621. The van der Waals surface area contributed by atoms with Crippen molar-refractivity contribution in [1.82, 2.24) is 9.88 Å². The lowest BCUT2D eigenvalue weighted by Crippen LogP contribution is -2.53. The van der Waals surface area contributed by atoms with E-state index in [1.165, 1.54) is 81.1 Å². The van der Waals surface area contributed by atoms with Crippen molar-refractivity contribution in [2.75, 3.05) is 0 Å². The van der Waals surface area contributed by atoms with Gasteiger partial charge in [0.1, 0.15) is 0 Å². The fourth-order valence-electron chi connectivity index (χ4n) is 10.4. The molecule has 0 aromatic carbocycles. The molecule has 6 heteroatoms. The van der Waals surface area contributed by atoms with Gasteiger partial charge in [0.2, 0.25) is 5.91 Å². The highest BCUT2D eigenvalue weighted by Gasteiger charge is 2.55. The molecule has 9 aliphatic rings. The van der Waals surface area contributed by atoms with Crippen LogP contribution in [0.25, 0.3) is 0 Å². The first-order valence-corrected chi connectivity index (χ1v) is 15.0. The first-order chi connectivity index (χ1) is 16.0. The van der Waals surface area contributed by atoms with E-state index in [1.54, 1.807) is 0 Å². The van der Waals surface area contributed by atoms with Gasteiger partial charge in [0.25, 0.3) is 0 Å². The monoisotopic (exact) mass is 501 g/mol. The Morgan fingerprint density at radius 3 is 1.88 bits per heavy atom. The van der Waals surface area contributed by atoms with Crippen molar-refractivity contribution in [1.29, 1.82) is 0 Å². The van der Waals surface area contributed by atoms with Crippen LogP contribution in [0.2, 0.25) is 0 Å². The normalized spacial score (nSPS) is 46.1. The van der Waals surface area contributed by atoms with Crippen LogP contribution in [-0.2, 0) is 11.3 Å². The Labute approximate surface area is 213 Å². The number of nitrogens with one attached hydrogen (secondary N) is 1. The number of aromatic nitrogens is 1. The molecule has 1 aromatic heterocycles. The van der Waals surface area contributed by atoms with Crippen LogP contribution >= 0.6 is 23.7 Å². The molecular weight excluding hydrogens is 462 g/mol. The quantitative estimate of drug-likeness (QED) is 0.527. The van der Waals surface area contributed by atoms with Gasteiger partial charge in [-0.2, -0.15) is 0 Å². The van der Waals surface area contributed by atoms with E-state index in [0.717, 1.165) is 54.8 Å². The van der Waals surface area contributed by atoms with Crippen molar-refractivity contribution in [3.63, 3.8) is 0 Å². The van der Waals surface area contributed by atoms with E-state index >= 15 is 0 Å². The second-order valence-electron chi connectivity index (χ2n) is 13.7. The Kier molecular flexibility index (Phi) is 5.17. The number of halogens is 1. The topological polar surface area (TPSA) is 46.4 Å². The summed E-state index contributed by atoms with van der Waals surface area (Å²) in [6.07, 6.45) is 18.6.